The molecule has 1 aromatic carbocycles. The normalized spacial score (nSPS) is 31.1. The number of carbonyl (C=O) groups excluding carboxylic acids is 1. The fourth-order valence-corrected chi connectivity index (χ4v) is 5.65. The number of hydrogen-bond acceptors (Lipinski definition) is 3. The standard InChI is InChI=1S/C21H28Cl2N2O2/c1-24(19(26)14-15-5-6-16(22)17(23)13-15)18-7-9-21(8-4-12-27-21)20(18)25-10-2-3-11-25/h5-6,13,18,20H,2-4,7-12,14H2,1H3. The summed E-state index contributed by atoms with van der Waals surface area (Å²) in [4.78, 5) is 17.6. The SMILES string of the molecule is CN(C(=O)Cc1ccc(Cl)c(Cl)c1)C1CCC2(CCCO2)C1N1CCCC1. The van der Waals surface area contributed by atoms with Crippen LogP contribution >= 0.6 is 23.2 Å². The molecule has 4 nitrogen and oxygen atoms in total. The van der Waals surface area contributed by atoms with Crippen LogP contribution in [0.1, 0.15) is 44.1 Å². The second kappa shape index (κ2) is 7.90. The molecule has 0 bridgehead atoms. The van der Waals surface area contributed by atoms with E-state index in [1.54, 1.807) is 12.1 Å². The minimum absolute atomic E-state index is 0.0485. The molecule has 0 aromatic heterocycles. The highest BCUT2D eigenvalue weighted by Crippen LogP contribution is 2.46. The number of rotatable bonds is 4. The highest BCUT2D eigenvalue weighted by molar-refractivity contribution is 6.42. The summed E-state index contributed by atoms with van der Waals surface area (Å²) in [5, 5.41) is 1.02. The van der Waals surface area contributed by atoms with Crippen LogP contribution in [0.2, 0.25) is 10.0 Å². The van der Waals surface area contributed by atoms with E-state index in [-0.39, 0.29) is 17.6 Å². The highest BCUT2D eigenvalue weighted by Gasteiger charge is 2.55. The van der Waals surface area contributed by atoms with E-state index in [4.69, 9.17) is 27.9 Å². The molecule has 1 aromatic rings. The Morgan fingerprint density at radius 3 is 2.67 bits per heavy atom. The van der Waals surface area contributed by atoms with Crippen molar-refractivity contribution in [2.75, 3.05) is 26.7 Å². The molecule has 3 aliphatic rings. The number of nitrogens with zero attached hydrogens (tertiary/aromatic N) is 2. The topological polar surface area (TPSA) is 32.8 Å². The average Bonchev–Trinajstić information content (AvgIpc) is 3.40. The Morgan fingerprint density at radius 2 is 2.00 bits per heavy atom. The minimum Gasteiger partial charge on any atom is -0.373 e. The van der Waals surface area contributed by atoms with Crippen LogP contribution in [0.4, 0.5) is 0 Å². The second-order valence-corrected chi connectivity index (χ2v) is 9.06. The summed E-state index contributed by atoms with van der Waals surface area (Å²) >= 11 is 12.1. The lowest BCUT2D eigenvalue weighted by molar-refractivity contribution is -0.133. The van der Waals surface area contributed by atoms with Crippen molar-refractivity contribution in [2.45, 2.75) is 62.6 Å². The predicted molar refractivity (Wildman–Crippen MR) is 108 cm³/mol. The van der Waals surface area contributed by atoms with Crippen molar-refractivity contribution in [3.8, 4) is 0 Å². The zero-order valence-electron chi connectivity index (χ0n) is 15.9. The van der Waals surface area contributed by atoms with Crippen molar-refractivity contribution in [3.05, 3.63) is 33.8 Å². The van der Waals surface area contributed by atoms with Crippen LogP contribution in [-0.2, 0) is 16.0 Å². The maximum absolute atomic E-state index is 13.0. The van der Waals surface area contributed by atoms with Gasteiger partial charge in [-0.2, -0.15) is 0 Å². The Kier molecular flexibility index (Phi) is 5.71. The molecule has 3 unspecified atom stereocenters. The van der Waals surface area contributed by atoms with Crippen molar-refractivity contribution < 1.29 is 9.53 Å². The first-order valence-electron chi connectivity index (χ1n) is 10.1. The number of amides is 1. The summed E-state index contributed by atoms with van der Waals surface area (Å²) in [7, 11) is 1.96. The fourth-order valence-electron chi connectivity index (χ4n) is 5.33. The van der Waals surface area contributed by atoms with E-state index in [1.807, 2.05) is 18.0 Å². The first-order valence-corrected chi connectivity index (χ1v) is 10.8. The van der Waals surface area contributed by atoms with E-state index in [0.717, 1.165) is 50.9 Å². The molecule has 3 fully saturated rings. The smallest absolute Gasteiger partial charge is 0.227 e. The Morgan fingerprint density at radius 1 is 1.22 bits per heavy atom. The van der Waals surface area contributed by atoms with Crippen LogP contribution in [0.5, 0.6) is 0 Å². The van der Waals surface area contributed by atoms with Crippen LogP contribution < -0.4 is 0 Å². The van der Waals surface area contributed by atoms with Gasteiger partial charge in [-0.25, -0.2) is 0 Å². The Balaban J connectivity index is 1.51. The summed E-state index contributed by atoms with van der Waals surface area (Å²) in [6.45, 7) is 3.11. The van der Waals surface area contributed by atoms with Gasteiger partial charge in [-0.15, -0.1) is 0 Å². The number of carbonyl (C=O) groups is 1. The minimum atomic E-state index is -0.0485. The average molecular weight is 411 g/mol. The van der Waals surface area contributed by atoms with Gasteiger partial charge in [0, 0.05) is 19.7 Å². The van der Waals surface area contributed by atoms with Gasteiger partial charge in [0.15, 0.2) is 0 Å². The van der Waals surface area contributed by atoms with Gasteiger partial charge in [0.05, 0.1) is 28.1 Å². The number of hydrogen-bond donors (Lipinski definition) is 0. The first kappa shape index (κ1) is 19.5. The molecule has 3 atom stereocenters. The van der Waals surface area contributed by atoms with Crippen molar-refractivity contribution in [2.24, 2.45) is 0 Å². The lowest BCUT2D eigenvalue weighted by Crippen LogP contribution is -2.57. The first-order chi connectivity index (χ1) is 13.0. The lowest BCUT2D eigenvalue weighted by atomic mass is 9.91. The quantitative estimate of drug-likeness (QED) is 0.746. The molecule has 1 saturated carbocycles. The molecular formula is C21H28Cl2N2O2. The van der Waals surface area contributed by atoms with Crippen molar-refractivity contribution >= 4 is 29.1 Å². The van der Waals surface area contributed by atoms with Crippen LogP contribution in [0.25, 0.3) is 0 Å². The predicted octanol–water partition coefficient (Wildman–Crippen LogP) is 4.17. The second-order valence-electron chi connectivity index (χ2n) is 8.24. The van der Waals surface area contributed by atoms with Gasteiger partial charge in [-0.05, 0) is 69.3 Å². The molecule has 27 heavy (non-hydrogen) atoms. The van der Waals surface area contributed by atoms with E-state index in [9.17, 15) is 4.79 Å². The molecule has 1 spiro atoms. The number of likely N-dealkylation sites (tertiary alicyclic amines) is 1. The number of halogens is 2. The molecule has 148 valence electrons. The molecule has 0 radical (unpaired) electrons. The molecular weight excluding hydrogens is 383 g/mol. The van der Waals surface area contributed by atoms with Gasteiger partial charge >= 0.3 is 0 Å². The lowest BCUT2D eigenvalue weighted by Gasteiger charge is -2.42. The van der Waals surface area contributed by atoms with Gasteiger partial charge in [0.2, 0.25) is 5.91 Å². The third-order valence-electron chi connectivity index (χ3n) is 6.66. The van der Waals surface area contributed by atoms with Crippen molar-refractivity contribution in [1.29, 1.82) is 0 Å². The van der Waals surface area contributed by atoms with E-state index in [1.165, 1.54) is 12.8 Å². The molecule has 0 N–H and O–H groups in total. The highest BCUT2D eigenvalue weighted by atomic mass is 35.5. The van der Waals surface area contributed by atoms with Crippen LogP contribution in [0, 0.1) is 0 Å². The summed E-state index contributed by atoms with van der Waals surface area (Å²) in [5.41, 5.74) is 0.858. The third kappa shape index (κ3) is 3.74. The zero-order chi connectivity index (χ0) is 19.0. The summed E-state index contributed by atoms with van der Waals surface area (Å²) < 4.78 is 6.32. The van der Waals surface area contributed by atoms with Gasteiger partial charge < -0.3 is 9.64 Å². The van der Waals surface area contributed by atoms with Gasteiger partial charge in [0.1, 0.15) is 0 Å². The largest absolute Gasteiger partial charge is 0.373 e. The van der Waals surface area contributed by atoms with Crippen molar-refractivity contribution in [3.63, 3.8) is 0 Å². The number of ether oxygens (including phenoxy) is 1. The summed E-state index contributed by atoms with van der Waals surface area (Å²) in [6, 6.07) is 5.98. The summed E-state index contributed by atoms with van der Waals surface area (Å²) in [5.74, 6) is 0.137. The van der Waals surface area contributed by atoms with E-state index in [2.05, 4.69) is 4.90 Å². The number of benzene rings is 1. The fraction of sp³-hybridized carbons (Fsp3) is 0.667. The Hall–Kier alpha value is -0.810. The van der Waals surface area contributed by atoms with E-state index in [0.29, 0.717) is 22.5 Å². The van der Waals surface area contributed by atoms with Crippen LogP contribution in [0.3, 0.4) is 0 Å². The van der Waals surface area contributed by atoms with E-state index < -0.39 is 0 Å². The van der Waals surface area contributed by atoms with Crippen LogP contribution in [0.15, 0.2) is 18.2 Å². The van der Waals surface area contributed by atoms with Crippen molar-refractivity contribution in [1.82, 2.24) is 9.80 Å². The number of likely N-dealkylation sites (N-methyl/N-ethyl adjacent to an activating group) is 1. The molecule has 4 rings (SSSR count). The zero-order valence-corrected chi connectivity index (χ0v) is 17.4. The Labute approximate surface area is 171 Å². The van der Waals surface area contributed by atoms with Gasteiger partial charge in [-0.3, -0.25) is 9.69 Å². The Bertz CT molecular complexity index is 699. The van der Waals surface area contributed by atoms with Gasteiger partial charge in [0.25, 0.3) is 0 Å². The molecule has 2 saturated heterocycles. The maximum atomic E-state index is 13.0. The molecule has 1 aliphatic carbocycles. The maximum Gasteiger partial charge on any atom is 0.227 e. The van der Waals surface area contributed by atoms with Gasteiger partial charge in [-0.1, -0.05) is 29.3 Å². The monoisotopic (exact) mass is 410 g/mol. The van der Waals surface area contributed by atoms with E-state index >= 15 is 0 Å². The third-order valence-corrected chi connectivity index (χ3v) is 7.40. The molecule has 2 heterocycles. The molecule has 1 amide bonds. The summed E-state index contributed by atoms with van der Waals surface area (Å²) in [6.07, 6.45) is 7.19. The van der Waals surface area contributed by atoms with Crippen LogP contribution in [-0.4, -0.2) is 60.1 Å². The molecule has 6 heteroatoms. The molecule has 2 aliphatic heterocycles.